The third-order valence-corrected chi connectivity index (χ3v) is 9.16. The fourth-order valence-corrected chi connectivity index (χ4v) is 8.93. The van der Waals surface area contributed by atoms with Crippen molar-refractivity contribution in [2.75, 3.05) is 0 Å². The molecule has 0 radical (unpaired) electrons. The Kier molecular flexibility index (Phi) is 10.1. The van der Waals surface area contributed by atoms with Crippen molar-refractivity contribution in [3.05, 3.63) is 65.8 Å². The van der Waals surface area contributed by atoms with Crippen LogP contribution in [0.5, 0.6) is 0 Å². The van der Waals surface area contributed by atoms with Crippen molar-refractivity contribution in [1.82, 2.24) is 3.80 Å². The van der Waals surface area contributed by atoms with E-state index in [4.69, 9.17) is 0 Å². The molecule has 1 nitrogen and oxygen atoms in total. The zero-order valence-electron chi connectivity index (χ0n) is 15.9. The van der Waals surface area contributed by atoms with E-state index >= 15 is 0 Å². The Morgan fingerprint density at radius 2 is 1.54 bits per heavy atom. The second-order valence-electron chi connectivity index (χ2n) is 7.61. The molecule has 0 amide bonds. The SMILES string of the molecule is CC(C)(C)[NH][Ti]([CH3])([CH3])[CH]1C=Cc2ccccc21.CC=CC=CC.[SiH4]. The number of hydrogen-bond donors (Lipinski definition) is 1. The molecule has 0 aliphatic heterocycles. The molecule has 1 N–H and O–H groups in total. The predicted octanol–water partition coefficient (Wildman–Crippen LogP) is 4.99. The maximum absolute atomic E-state index is 3.91. The van der Waals surface area contributed by atoms with E-state index in [2.05, 4.69) is 71.4 Å². The zero-order valence-corrected chi connectivity index (χ0v) is 17.4. The molecule has 3 heteroatoms. The van der Waals surface area contributed by atoms with Gasteiger partial charge < -0.3 is 0 Å². The van der Waals surface area contributed by atoms with E-state index in [1.807, 2.05) is 38.2 Å². The number of nitrogens with one attached hydrogen (secondary N) is 1. The normalized spacial score (nSPS) is 16.7. The molecule has 24 heavy (non-hydrogen) atoms. The fourth-order valence-electron chi connectivity index (χ4n) is 3.15. The monoisotopic (exact) mass is 379 g/mol. The van der Waals surface area contributed by atoms with Crippen LogP contribution in [-0.4, -0.2) is 16.5 Å². The van der Waals surface area contributed by atoms with Crippen LogP contribution in [-0.2, 0) is 16.8 Å². The van der Waals surface area contributed by atoms with E-state index in [-0.39, 0.29) is 16.5 Å². The van der Waals surface area contributed by atoms with Crippen LogP contribution in [0.2, 0.25) is 10.5 Å². The fraction of sp³-hybridized carbons (Fsp3) is 0.429. The first-order valence-electron chi connectivity index (χ1n) is 8.51. The topological polar surface area (TPSA) is 12.0 Å². The van der Waals surface area contributed by atoms with E-state index in [1.54, 1.807) is 0 Å². The van der Waals surface area contributed by atoms with Crippen molar-refractivity contribution in [3.63, 3.8) is 0 Å². The van der Waals surface area contributed by atoms with E-state index in [9.17, 15) is 0 Å². The van der Waals surface area contributed by atoms with E-state index < -0.39 is 16.8 Å². The summed E-state index contributed by atoms with van der Waals surface area (Å²) < 4.78 is 4.56. The van der Waals surface area contributed by atoms with Crippen LogP contribution < -0.4 is 3.80 Å². The van der Waals surface area contributed by atoms with Gasteiger partial charge in [0.05, 0.1) is 0 Å². The molecule has 1 unspecified atom stereocenters. The summed E-state index contributed by atoms with van der Waals surface area (Å²) in [7, 11) is 0. The Hall–Kier alpha value is -0.669. The van der Waals surface area contributed by atoms with Gasteiger partial charge in [-0.05, 0) is 24.8 Å². The Labute approximate surface area is 158 Å². The van der Waals surface area contributed by atoms with Gasteiger partial charge in [-0.25, -0.2) is 0 Å². The van der Waals surface area contributed by atoms with Gasteiger partial charge in [0.15, 0.2) is 0 Å². The molecule has 0 heterocycles. The van der Waals surface area contributed by atoms with Crippen molar-refractivity contribution in [3.8, 4) is 0 Å². The van der Waals surface area contributed by atoms with Crippen LogP contribution in [0.3, 0.4) is 0 Å². The first-order chi connectivity index (χ1) is 10.7. The molecule has 0 saturated carbocycles. The molecule has 0 bridgehead atoms. The largest absolute Gasteiger partial charge is 0.0877 e. The molecule has 1 atom stereocenters. The second-order valence-corrected chi connectivity index (χ2v) is 14.4. The molecule has 2 rings (SSSR count). The smallest absolute Gasteiger partial charge is 0.0149 e. The maximum atomic E-state index is 3.91. The van der Waals surface area contributed by atoms with Gasteiger partial charge in [0.1, 0.15) is 0 Å². The number of hydrogen-bond acceptors (Lipinski definition) is 1. The van der Waals surface area contributed by atoms with Crippen molar-refractivity contribution >= 4 is 17.0 Å². The van der Waals surface area contributed by atoms with Gasteiger partial charge in [0.2, 0.25) is 0 Å². The summed E-state index contributed by atoms with van der Waals surface area (Å²) in [5.41, 5.74) is 3.15. The molecule has 1 aromatic rings. The van der Waals surface area contributed by atoms with Crippen molar-refractivity contribution in [2.45, 2.75) is 54.8 Å². The summed E-state index contributed by atoms with van der Waals surface area (Å²) in [6.45, 7) is 10.8. The molecular weight excluding hydrogens is 342 g/mol. The van der Waals surface area contributed by atoms with Gasteiger partial charge in [-0.15, -0.1) is 0 Å². The summed E-state index contributed by atoms with van der Waals surface area (Å²) in [6.07, 6.45) is 12.7. The molecule has 0 aromatic heterocycles. The van der Waals surface area contributed by atoms with Crippen LogP contribution >= 0.6 is 0 Å². The van der Waals surface area contributed by atoms with Gasteiger partial charge in [-0.3, -0.25) is 0 Å². The van der Waals surface area contributed by atoms with Gasteiger partial charge in [-0.2, -0.15) is 0 Å². The Morgan fingerprint density at radius 3 is 2.04 bits per heavy atom. The quantitative estimate of drug-likeness (QED) is 0.576. The molecule has 1 aliphatic carbocycles. The number of allylic oxidation sites excluding steroid dienone is 5. The van der Waals surface area contributed by atoms with Crippen molar-refractivity contribution < 1.29 is 16.8 Å². The molecular formula is C21H37NSiTi. The Balaban J connectivity index is 0.000000655. The van der Waals surface area contributed by atoms with Crippen LogP contribution in [0.1, 0.15) is 50.0 Å². The van der Waals surface area contributed by atoms with Crippen molar-refractivity contribution in [2.24, 2.45) is 0 Å². The second kappa shape index (κ2) is 10.4. The average Bonchev–Trinajstić information content (AvgIpc) is 2.88. The molecule has 0 fully saturated rings. The molecule has 1 aromatic carbocycles. The minimum Gasteiger partial charge on any atom is -0.0877 e. The minimum atomic E-state index is -2.04. The zero-order chi connectivity index (χ0) is 17.5. The first-order valence-corrected chi connectivity index (χ1v) is 13.3. The first kappa shape index (κ1) is 23.3. The van der Waals surface area contributed by atoms with Crippen LogP contribution in [0.25, 0.3) is 6.08 Å². The third-order valence-electron chi connectivity index (χ3n) is 3.77. The number of rotatable bonds is 3. The van der Waals surface area contributed by atoms with Gasteiger partial charge in [0, 0.05) is 0 Å². The summed E-state index contributed by atoms with van der Waals surface area (Å²) in [6, 6.07) is 8.80. The van der Waals surface area contributed by atoms with Crippen molar-refractivity contribution in [1.29, 1.82) is 0 Å². The van der Waals surface area contributed by atoms with E-state index in [0.717, 1.165) is 0 Å². The van der Waals surface area contributed by atoms with Crippen LogP contribution in [0.4, 0.5) is 0 Å². The van der Waals surface area contributed by atoms with E-state index in [0.29, 0.717) is 4.22 Å². The Morgan fingerprint density at radius 1 is 1.00 bits per heavy atom. The molecule has 0 spiro atoms. The standard InChI is InChI=1S/C9H7.C6H10.C4H10N.2CH3.H4Si.Ti/c1-2-5-9-7-3-6-8(9)4-1;1-3-5-6-4-2;1-4(2,3)5;;;;/h1-7H;3-6H,1-2H3;5H,1-3H3;2*1H3;1H4;/q;;-1;;;;+1. The van der Waals surface area contributed by atoms with Gasteiger partial charge in [0.25, 0.3) is 0 Å². The summed E-state index contributed by atoms with van der Waals surface area (Å²) >= 11 is -2.04. The summed E-state index contributed by atoms with van der Waals surface area (Å²) in [5, 5.41) is 4.95. The molecule has 134 valence electrons. The number of benzene rings is 1. The van der Waals surface area contributed by atoms with E-state index in [1.165, 1.54) is 11.1 Å². The minimum absolute atomic E-state index is 0. The molecule has 1 aliphatic rings. The van der Waals surface area contributed by atoms with Gasteiger partial charge >= 0.3 is 109 Å². The molecule has 0 saturated heterocycles. The Bertz CT molecular complexity index is 570. The summed E-state index contributed by atoms with van der Waals surface area (Å²) in [5.74, 6) is 0. The predicted molar refractivity (Wildman–Crippen MR) is 114 cm³/mol. The number of fused-ring (bicyclic) bond motifs is 1. The summed E-state index contributed by atoms with van der Waals surface area (Å²) in [4.78, 5) is 0. The average molecular weight is 379 g/mol. The third kappa shape index (κ3) is 7.48. The maximum Gasteiger partial charge on any atom is -0.0149 e. The van der Waals surface area contributed by atoms with Gasteiger partial charge in [-0.1, -0.05) is 24.3 Å². The van der Waals surface area contributed by atoms with Crippen LogP contribution in [0.15, 0.2) is 54.6 Å². The van der Waals surface area contributed by atoms with Crippen LogP contribution in [0, 0.1) is 0 Å².